The Morgan fingerprint density at radius 1 is 1.25 bits per heavy atom. The van der Waals surface area contributed by atoms with Gasteiger partial charge in [0.15, 0.2) is 0 Å². The van der Waals surface area contributed by atoms with Crippen molar-refractivity contribution < 1.29 is 18.4 Å². The normalized spacial score (nSPS) is 33.5. The van der Waals surface area contributed by atoms with E-state index in [0.29, 0.717) is 0 Å². The van der Waals surface area contributed by atoms with Crippen molar-refractivity contribution in [3.63, 3.8) is 0 Å². The number of hydrogen-bond acceptors (Lipinski definition) is 4. The number of hydrogen-bond donors (Lipinski definition) is 0. The monoisotopic (exact) mass is 420 g/mol. The first-order valence-electron chi connectivity index (χ1n) is 6.25. The van der Waals surface area contributed by atoms with Crippen LogP contribution in [0, 0.1) is 0 Å². The second-order valence-electron chi connectivity index (χ2n) is 5.21. The fraction of sp³-hybridized carbons (Fsp3) is 0.308. The number of benzene rings is 1. The molecule has 0 aromatic heterocycles. The van der Waals surface area contributed by atoms with Gasteiger partial charge in [0.05, 0.1) is 0 Å². The summed E-state index contributed by atoms with van der Waals surface area (Å²) >= 11 is 6.99. The first-order chi connectivity index (χ1) is 9.42. The van der Waals surface area contributed by atoms with Crippen LogP contribution in [0.2, 0.25) is 0 Å². The Bertz CT molecular complexity index is 645. The van der Waals surface area contributed by atoms with Gasteiger partial charge in [-0.25, -0.2) is 0 Å². The summed E-state index contributed by atoms with van der Waals surface area (Å²) in [5.41, 5.74) is 0.413. The Labute approximate surface area is 132 Å². The van der Waals surface area contributed by atoms with E-state index < -0.39 is 18.1 Å². The second kappa shape index (κ2) is 3.93. The van der Waals surface area contributed by atoms with Gasteiger partial charge in [-0.3, -0.25) is 0 Å². The van der Waals surface area contributed by atoms with Crippen LogP contribution >= 0.6 is 37.4 Å². The zero-order chi connectivity index (χ0) is 14.0. The van der Waals surface area contributed by atoms with Gasteiger partial charge in [0.25, 0.3) is 0 Å². The molecular weight excluding hydrogens is 411 g/mol. The van der Waals surface area contributed by atoms with Gasteiger partial charge in [-0.15, -0.1) is 0 Å². The van der Waals surface area contributed by atoms with Crippen molar-refractivity contribution >= 4 is 43.4 Å². The van der Waals surface area contributed by atoms with Gasteiger partial charge in [-0.05, 0) is 0 Å². The number of carbonyl (C=O) groups excluding carboxylic acids is 1. The van der Waals surface area contributed by atoms with E-state index in [0.717, 1.165) is 22.9 Å². The van der Waals surface area contributed by atoms with E-state index in [1.807, 2.05) is 30.3 Å². The molecule has 2 fully saturated rings. The summed E-state index contributed by atoms with van der Waals surface area (Å²) in [6.45, 7) is 0. The van der Waals surface area contributed by atoms with Crippen LogP contribution < -0.4 is 0 Å². The van der Waals surface area contributed by atoms with Gasteiger partial charge in [0.2, 0.25) is 0 Å². The van der Waals surface area contributed by atoms with Gasteiger partial charge >= 0.3 is 132 Å². The van der Waals surface area contributed by atoms with E-state index in [4.69, 9.17) is 13.6 Å². The first kappa shape index (κ1) is 13.4. The zero-order valence-electron chi connectivity index (χ0n) is 10.3. The Hall–Kier alpha value is -0.260. The minimum absolute atomic E-state index is 0.354. The molecule has 1 atom stereocenters. The van der Waals surface area contributed by atoms with Crippen LogP contribution in [0.4, 0.5) is 0 Å². The summed E-state index contributed by atoms with van der Waals surface area (Å²) in [6, 6.07) is 9.30. The third-order valence-electron chi connectivity index (χ3n) is 3.66. The first-order valence-corrected chi connectivity index (χ1v) is 11.1. The molecule has 4 nitrogen and oxygen atoms in total. The Morgan fingerprint density at radius 3 is 2.55 bits per heavy atom. The molecule has 4 rings (SSSR count). The predicted molar refractivity (Wildman–Crippen MR) is 82.3 cm³/mol. The third-order valence-corrected chi connectivity index (χ3v) is 9.38. The maximum absolute atomic E-state index is 12.2. The summed E-state index contributed by atoms with van der Waals surface area (Å²) in [7, 11) is 0. The fourth-order valence-corrected chi connectivity index (χ4v) is 10.1. The van der Waals surface area contributed by atoms with Gasteiger partial charge in [-0.1, -0.05) is 0 Å². The molecule has 2 heterocycles. The molecule has 1 aromatic carbocycles. The van der Waals surface area contributed by atoms with Gasteiger partial charge in [0, 0.05) is 0 Å². The summed E-state index contributed by atoms with van der Waals surface area (Å²) in [4.78, 5) is 12.2. The van der Waals surface area contributed by atoms with Crippen LogP contribution in [0.5, 0.6) is 0 Å². The number of carbonyl (C=O) groups is 1. The molecule has 1 aromatic rings. The third kappa shape index (κ3) is 1.86. The van der Waals surface area contributed by atoms with E-state index in [2.05, 4.69) is 31.4 Å². The summed E-state index contributed by atoms with van der Waals surface area (Å²) in [5, 5.41) is 0. The summed E-state index contributed by atoms with van der Waals surface area (Å²) in [5.74, 6) is -2.28. The topological polar surface area (TPSA) is 44.8 Å². The standard InChI is InChI=1S/C13H11Br2O4P/c14-10-8-20(15,19-13(10)6-7-13)17-11(12(16)18-20)9-4-2-1-3-5-9/h1-5,8,11H,6-7H2. The summed E-state index contributed by atoms with van der Waals surface area (Å²) in [6.07, 6.45) is 1.06. The predicted octanol–water partition coefficient (Wildman–Crippen LogP) is 4.71. The zero-order valence-corrected chi connectivity index (χ0v) is 14.4. The van der Waals surface area contributed by atoms with Crippen LogP contribution in [0.3, 0.4) is 0 Å². The molecular formula is C13H11Br2O4P. The van der Waals surface area contributed by atoms with E-state index >= 15 is 0 Å². The number of halogens is 2. The van der Waals surface area contributed by atoms with Crippen molar-refractivity contribution in [1.82, 2.24) is 0 Å². The average molecular weight is 422 g/mol. The minimum atomic E-state index is -3.64. The molecule has 0 bridgehead atoms. The molecule has 1 unspecified atom stereocenters. The van der Waals surface area contributed by atoms with Gasteiger partial charge < -0.3 is 0 Å². The van der Waals surface area contributed by atoms with E-state index in [1.165, 1.54) is 0 Å². The maximum atomic E-state index is 12.2. The molecule has 1 saturated heterocycles. The van der Waals surface area contributed by atoms with Crippen LogP contribution in [0.1, 0.15) is 24.5 Å². The van der Waals surface area contributed by atoms with Gasteiger partial charge in [-0.2, -0.15) is 0 Å². The molecule has 1 saturated carbocycles. The Kier molecular flexibility index (Phi) is 2.63. The van der Waals surface area contributed by atoms with Crippen molar-refractivity contribution in [2.45, 2.75) is 24.5 Å². The van der Waals surface area contributed by atoms with Crippen LogP contribution in [0.25, 0.3) is 0 Å². The molecule has 0 radical (unpaired) electrons. The number of rotatable bonds is 1. The van der Waals surface area contributed by atoms with Crippen molar-refractivity contribution in [1.29, 1.82) is 0 Å². The Morgan fingerprint density at radius 2 is 1.95 bits per heavy atom. The van der Waals surface area contributed by atoms with Crippen LogP contribution in [0.15, 0.2) is 40.6 Å². The average Bonchev–Trinajstić information content (AvgIpc) is 3.06. The molecule has 3 aliphatic rings. The molecule has 1 aliphatic carbocycles. The fourth-order valence-electron chi connectivity index (χ4n) is 2.50. The molecule has 7 heteroatoms. The molecule has 106 valence electrons. The molecule has 0 N–H and O–H groups in total. The van der Waals surface area contributed by atoms with E-state index in [1.54, 1.807) is 5.82 Å². The molecule has 2 spiro atoms. The van der Waals surface area contributed by atoms with Crippen molar-refractivity contribution in [3.05, 3.63) is 46.2 Å². The van der Waals surface area contributed by atoms with E-state index in [-0.39, 0.29) is 5.60 Å². The SMILES string of the molecule is O=C1OP2(Br)(C=C(Br)C3(CC3)O2)OC1c1ccccc1. The van der Waals surface area contributed by atoms with Crippen LogP contribution in [-0.2, 0) is 18.4 Å². The summed E-state index contributed by atoms with van der Waals surface area (Å²) < 4.78 is 18.5. The Balaban J connectivity index is 1.72. The molecule has 2 aliphatic heterocycles. The van der Waals surface area contributed by atoms with Gasteiger partial charge in [0.1, 0.15) is 0 Å². The molecule has 0 amide bonds. The van der Waals surface area contributed by atoms with Crippen LogP contribution in [-0.4, -0.2) is 11.6 Å². The van der Waals surface area contributed by atoms with Crippen molar-refractivity contribution in [2.24, 2.45) is 0 Å². The molecule has 20 heavy (non-hydrogen) atoms. The quantitative estimate of drug-likeness (QED) is 0.616. The van der Waals surface area contributed by atoms with Crippen molar-refractivity contribution in [2.75, 3.05) is 0 Å². The van der Waals surface area contributed by atoms with E-state index in [9.17, 15) is 4.79 Å². The second-order valence-corrected chi connectivity index (χ2v) is 12.4. The van der Waals surface area contributed by atoms with Crippen molar-refractivity contribution in [3.8, 4) is 0 Å².